The van der Waals surface area contributed by atoms with Crippen molar-refractivity contribution in [3.63, 3.8) is 0 Å². The summed E-state index contributed by atoms with van der Waals surface area (Å²) in [5, 5.41) is 3.15. The van der Waals surface area contributed by atoms with Crippen LogP contribution in [0, 0.1) is 0 Å². The van der Waals surface area contributed by atoms with Crippen molar-refractivity contribution in [2.45, 2.75) is 51.9 Å². The highest BCUT2D eigenvalue weighted by Crippen LogP contribution is 2.33. The minimum Gasteiger partial charge on any atom is -0.398 e. The highest BCUT2D eigenvalue weighted by molar-refractivity contribution is 7.13. The molecule has 3 rings (SSSR count). The Morgan fingerprint density at radius 3 is 2.52 bits per heavy atom. The number of nitrogen functional groups attached to an aromatic ring is 1. The van der Waals surface area contributed by atoms with Crippen LogP contribution in [-0.4, -0.2) is 18.6 Å². The fourth-order valence-corrected chi connectivity index (χ4v) is 4.40. The lowest BCUT2D eigenvalue weighted by molar-refractivity contribution is 0.606. The van der Waals surface area contributed by atoms with Gasteiger partial charge in [-0.25, -0.2) is 4.98 Å². The van der Waals surface area contributed by atoms with Crippen molar-refractivity contribution in [1.82, 2.24) is 4.98 Å². The molecule has 0 bridgehead atoms. The Balaban J connectivity index is 1.63. The van der Waals surface area contributed by atoms with E-state index in [-0.39, 0.29) is 0 Å². The summed E-state index contributed by atoms with van der Waals surface area (Å²) >= 11 is 1.68. The molecule has 0 atom stereocenters. The number of nitrogens with zero attached hydrogens (tertiary/aromatic N) is 2. The van der Waals surface area contributed by atoms with Crippen molar-refractivity contribution < 1.29 is 0 Å². The summed E-state index contributed by atoms with van der Waals surface area (Å²) < 4.78 is 0. The largest absolute Gasteiger partial charge is 0.398 e. The van der Waals surface area contributed by atoms with Crippen LogP contribution in [0.25, 0.3) is 10.6 Å². The van der Waals surface area contributed by atoms with E-state index in [1.54, 1.807) is 11.3 Å². The Morgan fingerprint density at radius 1 is 0.966 bits per heavy atom. The van der Waals surface area contributed by atoms with Gasteiger partial charge in [-0.1, -0.05) is 69.4 Å². The Kier molecular flexibility index (Phi) is 8.12. The topological polar surface area (TPSA) is 42.1 Å². The van der Waals surface area contributed by atoms with E-state index in [1.165, 1.54) is 49.8 Å². The predicted molar refractivity (Wildman–Crippen MR) is 128 cm³/mol. The fourth-order valence-electron chi connectivity index (χ4n) is 3.54. The summed E-state index contributed by atoms with van der Waals surface area (Å²) in [4.78, 5) is 7.20. The van der Waals surface area contributed by atoms with Gasteiger partial charge in [0.2, 0.25) is 0 Å². The van der Waals surface area contributed by atoms with Gasteiger partial charge in [0.05, 0.1) is 5.69 Å². The molecule has 0 saturated carbocycles. The van der Waals surface area contributed by atoms with Gasteiger partial charge >= 0.3 is 0 Å². The van der Waals surface area contributed by atoms with Crippen LogP contribution in [0.2, 0.25) is 0 Å². The van der Waals surface area contributed by atoms with E-state index in [9.17, 15) is 0 Å². The minimum atomic E-state index is 0.794. The van der Waals surface area contributed by atoms with Crippen LogP contribution in [0.15, 0.2) is 53.9 Å². The minimum absolute atomic E-state index is 0.794. The Hall–Kier alpha value is -2.33. The highest BCUT2D eigenvalue weighted by atomic mass is 32.1. The molecule has 154 valence electrons. The normalized spacial score (nSPS) is 11.0. The second kappa shape index (κ2) is 11.0. The van der Waals surface area contributed by atoms with Crippen molar-refractivity contribution in [3.8, 4) is 10.6 Å². The molecule has 1 heterocycles. The van der Waals surface area contributed by atoms with Crippen molar-refractivity contribution in [3.05, 3.63) is 65.2 Å². The second-order valence-electron chi connectivity index (χ2n) is 7.77. The summed E-state index contributed by atoms with van der Waals surface area (Å²) in [6.45, 7) is 3.34. The molecular weight excluding hydrogens is 374 g/mol. The zero-order chi connectivity index (χ0) is 20.5. The van der Waals surface area contributed by atoms with Crippen LogP contribution in [0.1, 0.15) is 56.7 Å². The van der Waals surface area contributed by atoms with Crippen LogP contribution in [0.5, 0.6) is 0 Å². The summed E-state index contributed by atoms with van der Waals surface area (Å²) in [6, 6.07) is 16.8. The smallest absolute Gasteiger partial charge is 0.125 e. The van der Waals surface area contributed by atoms with Crippen LogP contribution < -0.4 is 10.6 Å². The molecule has 0 unspecified atom stereocenters. The Morgan fingerprint density at radius 2 is 1.72 bits per heavy atom. The third kappa shape index (κ3) is 6.33. The van der Waals surface area contributed by atoms with Crippen LogP contribution >= 0.6 is 11.3 Å². The van der Waals surface area contributed by atoms with E-state index >= 15 is 0 Å². The van der Waals surface area contributed by atoms with Crippen LogP contribution in [0.3, 0.4) is 0 Å². The average Bonchev–Trinajstić information content (AvgIpc) is 3.19. The lowest BCUT2D eigenvalue weighted by atomic mass is 10.1. The maximum absolute atomic E-state index is 6.30. The first-order chi connectivity index (χ1) is 14.2. The molecule has 4 heteroatoms. The van der Waals surface area contributed by atoms with Gasteiger partial charge in [-0.15, -0.1) is 11.3 Å². The molecule has 2 aromatic carbocycles. The lowest BCUT2D eigenvalue weighted by Crippen LogP contribution is -2.18. The van der Waals surface area contributed by atoms with E-state index in [0.29, 0.717) is 0 Å². The average molecular weight is 408 g/mol. The maximum Gasteiger partial charge on any atom is 0.125 e. The van der Waals surface area contributed by atoms with Crippen molar-refractivity contribution in [2.75, 3.05) is 24.2 Å². The fraction of sp³-hybridized carbons (Fsp3) is 0.400. The first kappa shape index (κ1) is 21.4. The lowest BCUT2D eigenvalue weighted by Gasteiger charge is -2.20. The van der Waals surface area contributed by atoms with E-state index in [4.69, 9.17) is 10.7 Å². The van der Waals surface area contributed by atoms with Gasteiger partial charge in [0.1, 0.15) is 5.01 Å². The van der Waals surface area contributed by atoms with Gasteiger partial charge in [-0.3, -0.25) is 0 Å². The number of aromatic nitrogens is 1. The standard InChI is InChI=1S/C25H33N3S/c1-3-4-5-6-7-11-16-28(2)22-14-15-24(26)23(18-22)25-27-21(19-29-25)17-20-12-9-8-10-13-20/h8-10,12-15,18-19H,3-7,11,16-17,26H2,1-2H3. The van der Waals surface area contributed by atoms with Gasteiger partial charge in [-0.2, -0.15) is 0 Å². The number of nitrogens with two attached hydrogens (primary N) is 1. The molecule has 0 aliphatic rings. The van der Waals surface area contributed by atoms with Gasteiger partial charge in [0.15, 0.2) is 0 Å². The summed E-state index contributed by atoms with van der Waals surface area (Å²) in [7, 11) is 2.17. The second-order valence-corrected chi connectivity index (χ2v) is 8.63. The van der Waals surface area contributed by atoms with Gasteiger partial charge in [0.25, 0.3) is 0 Å². The molecule has 0 aliphatic heterocycles. The number of benzene rings is 2. The zero-order valence-corrected chi connectivity index (χ0v) is 18.5. The third-order valence-electron chi connectivity index (χ3n) is 5.33. The van der Waals surface area contributed by atoms with Crippen molar-refractivity contribution in [2.24, 2.45) is 0 Å². The maximum atomic E-state index is 6.30. The van der Waals surface area contributed by atoms with Gasteiger partial charge in [-0.05, 0) is 30.2 Å². The summed E-state index contributed by atoms with van der Waals surface area (Å²) in [6.07, 6.45) is 8.77. The molecule has 0 saturated heterocycles. The molecule has 3 nitrogen and oxygen atoms in total. The van der Waals surface area contributed by atoms with Crippen molar-refractivity contribution >= 4 is 22.7 Å². The van der Waals surface area contributed by atoms with E-state index in [0.717, 1.165) is 34.9 Å². The molecule has 0 aliphatic carbocycles. The quantitative estimate of drug-likeness (QED) is 0.281. The first-order valence-electron chi connectivity index (χ1n) is 10.8. The molecule has 0 radical (unpaired) electrons. The Labute approximate surface area is 179 Å². The number of unbranched alkanes of at least 4 members (excludes halogenated alkanes) is 5. The molecular formula is C25H33N3S. The molecule has 0 amide bonds. The number of rotatable bonds is 11. The predicted octanol–water partition coefficient (Wildman–Crippen LogP) is 6.78. The molecule has 29 heavy (non-hydrogen) atoms. The van der Waals surface area contributed by atoms with Crippen molar-refractivity contribution in [1.29, 1.82) is 0 Å². The Bertz CT molecular complexity index is 873. The number of hydrogen-bond donors (Lipinski definition) is 1. The molecule has 3 aromatic rings. The van der Waals surface area contributed by atoms with E-state index in [1.807, 2.05) is 12.1 Å². The zero-order valence-electron chi connectivity index (χ0n) is 17.7. The van der Waals surface area contributed by atoms with E-state index < -0.39 is 0 Å². The molecule has 0 spiro atoms. The monoisotopic (exact) mass is 407 g/mol. The third-order valence-corrected chi connectivity index (χ3v) is 6.26. The highest BCUT2D eigenvalue weighted by Gasteiger charge is 2.11. The number of thiazole rings is 1. The van der Waals surface area contributed by atoms with Crippen LogP contribution in [0.4, 0.5) is 11.4 Å². The molecule has 0 fully saturated rings. The van der Waals surface area contributed by atoms with Crippen LogP contribution in [-0.2, 0) is 6.42 Å². The molecule has 1 aromatic heterocycles. The first-order valence-corrected chi connectivity index (χ1v) is 11.6. The van der Waals surface area contributed by atoms with Gasteiger partial charge in [0, 0.05) is 42.3 Å². The summed E-state index contributed by atoms with van der Waals surface area (Å²) in [5.41, 5.74) is 11.7. The SMILES string of the molecule is CCCCCCCCN(C)c1ccc(N)c(-c2nc(Cc3ccccc3)cs2)c1. The summed E-state index contributed by atoms with van der Waals surface area (Å²) in [5.74, 6) is 0. The molecule has 2 N–H and O–H groups in total. The number of hydrogen-bond acceptors (Lipinski definition) is 4. The number of anilines is 2. The van der Waals surface area contributed by atoms with E-state index in [2.05, 4.69) is 60.6 Å². The van der Waals surface area contributed by atoms with Gasteiger partial charge < -0.3 is 10.6 Å².